The second-order valence-corrected chi connectivity index (χ2v) is 3.77. The SMILES string of the molecule is COC(CN)CC(=O)NCCCn1cccn1. The van der Waals surface area contributed by atoms with Crippen LogP contribution in [0.5, 0.6) is 0 Å². The van der Waals surface area contributed by atoms with Crippen LogP contribution in [0.1, 0.15) is 12.8 Å². The molecule has 0 bridgehead atoms. The highest BCUT2D eigenvalue weighted by molar-refractivity contribution is 5.76. The van der Waals surface area contributed by atoms with E-state index in [-0.39, 0.29) is 12.0 Å². The van der Waals surface area contributed by atoms with Crippen LogP contribution in [-0.4, -0.2) is 42.0 Å². The predicted octanol–water partition coefficient (Wildman–Crippen LogP) is -0.247. The van der Waals surface area contributed by atoms with Crippen molar-refractivity contribution < 1.29 is 9.53 Å². The van der Waals surface area contributed by atoms with Gasteiger partial charge in [0.2, 0.25) is 5.91 Å². The molecular weight excluding hydrogens is 220 g/mol. The first-order valence-electron chi connectivity index (χ1n) is 5.73. The molecule has 0 aliphatic heterocycles. The standard InChI is InChI=1S/C11H20N4O2/c1-17-10(9-12)8-11(16)13-4-2-6-15-7-3-5-14-15/h3,5,7,10H,2,4,6,8-9,12H2,1H3,(H,13,16). The van der Waals surface area contributed by atoms with Gasteiger partial charge in [-0.1, -0.05) is 0 Å². The molecule has 3 N–H and O–H groups in total. The van der Waals surface area contributed by atoms with Gasteiger partial charge in [-0.15, -0.1) is 0 Å². The molecule has 17 heavy (non-hydrogen) atoms. The van der Waals surface area contributed by atoms with E-state index in [9.17, 15) is 4.79 Å². The summed E-state index contributed by atoms with van der Waals surface area (Å²) in [4.78, 5) is 11.5. The van der Waals surface area contributed by atoms with Crippen molar-refractivity contribution in [2.24, 2.45) is 5.73 Å². The van der Waals surface area contributed by atoms with Crippen molar-refractivity contribution in [3.8, 4) is 0 Å². The Balaban J connectivity index is 2.07. The van der Waals surface area contributed by atoms with E-state index in [0.29, 0.717) is 19.5 Å². The molecule has 0 aromatic carbocycles. The molecule has 0 radical (unpaired) electrons. The highest BCUT2D eigenvalue weighted by Gasteiger charge is 2.10. The van der Waals surface area contributed by atoms with E-state index in [2.05, 4.69) is 10.4 Å². The Morgan fingerprint density at radius 3 is 3.06 bits per heavy atom. The first kappa shape index (κ1) is 13.7. The van der Waals surface area contributed by atoms with Gasteiger partial charge in [0.25, 0.3) is 0 Å². The molecule has 0 fully saturated rings. The van der Waals surface area contributed by atoms with Crippen LogP contribution in [0.15, 0.2) is 18.5 Å². The van der Waals surface area contributed by atoms with Gasteiger partial charge >= 0.3 is 0 Å². The normalized spacial score (nSPS) is 12.4. The fourth-order valence-corrected chi connectivity index (χ4v) is 1.44. The van der Waals surface area contributed by atoms with Crippen molar-refractivity contribution in [1.82, 2.24) is 15.1 Å². The number of aromatic nitrogens is 2. The maximum atomic E-state index is 11.5. The fourth-order valence-electron chi connectivity index (χ4n) is 1.44. The number of rotatable bonds is 8. The third kappa shape index (κ3) is 5.46. The molecule has 6 heteroatoms. The van der Waals surface area contributed by atoms with Crippen LogP contribution in [0, 0.1) is 0 Å². The van der Waals surface area contributed by atoms with Crippen LogP contribution in [0.3, 0.4) is 0 Å². The molecule has 1 rings (SSSR count). The Hall–Kier alpha value is -1.40. The first-order valence-corrected chi connectivity index (χ1v) is 5.73. The number of amides is 1. The van der Waals surface area contributed by atoms with Crippen LogP contribution in [0.2, 0.25) is 0 Å². The lowest BCUT2D eigenvalue weighted by Gasteiger charge is -2.12. The molecule has 1 atom stereocenters. The van der Waals surface area contributed by atoms with Crippen molar-refractivity contribution in [1.29, 1.82) is 0 Å². The zero-order valence-corrected chi connectivity index (χ0v) is 10.1. The highest BCUT2D eigenvalue weighted by Crippen LogP contribution is 1.94. The monoisotopic (exact) mass is 240 g/mol. The number of aryl methyl sites for hydroxylation is 1. The second kappa shape index (κ2) is 7.81. The van der Waals surface area contributed by atoms with Crippen molar-refractivity contribution in [2.45, 2.75) is 25.5 Å². The summed E-state index contributed by atoms with van der Waals surface area (Å²) in [5.74, 6) is -0.0252. The lowest BCUT2D eigenvalue weighted by Crippen LogP contribution is -2.32. The van der Waals surface area contributed by atoms with E-state index in [1.54, 1.807) is 13.3 Å². The summed E-state index contributed by atoms with van der Waals surface area (Å²) in [6, 6.07) is 1.88. The first-order chi connectivity index (χ1) is 8.26. The van der Waals surface area contributed by atoms with Gasteiger partial charge in [0, 0.05) is 39.1 Å². The Morgan fingerprint density at radius 2 is 2.47 bits per heavy atom. The van der Waals surface area contributed by atoms with Gasteiger partial charge < -0.3 is 15.8 Å². The number of hydrogen-bond donors (Lipinski definition) is 2. The van der Waals surface area contributed by atoms with Crippen LogP contribution in [0.25, 0.3) is 0 Å². The number of carbonyl (C=O) groups is 1. The van der Waals surface area contributed by atoms with Gasteiger partial charge in [0.1, 0.15) is 0 Å². The van der Waals surface area contributed by atoms with E-state index in [4.69, 9.17) is 10.5 Å². The summed E-state index contributed by atoms with van der Waals surface area (Å²) in [6.45, 7) is 1.80. The molecule has 0 aliphatic carbocycles. The molecule has 96 valence electrons. The summed E-state index contributed by atoms with van der Waals surface area (Å²) < 4.78 is 6.87. The summed E-state index contributed by atoms with van der Waals surface area (Å²) in [6.07, 6.45) is 4.61. The van der Waals surface area contributed by atoms with E-state index in [0.717, 1.165) is 13.0 Å². The minimum atomic E-state index is -0.193. The number of nitrogens with two attached hydrogens (primary N) is 1. The largest absolute Gasteiger partial charge is 0.380 e. The molecule has 0 saturated carbocycles. The number of hydrogen-bond acceptors (Lipinski definition) is 4. The smallest absolute Gasteiger partial charge is 0.222 e. The van der Waals surface area contributed by atoms with E-state index in [1.807, 2.05) is 16.9 Å². The molecule has 1 aromatic heterocycles. The second-order valence-electron chi connectivity index (χ2n) is 3.77. The molecule has 0 spiro atoms. The summed E-state index contributed by atoms with van der Waals surface area (Å²) >= 11 is 0. The van der Waals surface area contributed by atoms with Crippen LogP contribution < -0.4 is 11.1 Å². The minimum Gasteiger partial charge on any atom is -0.380 e. The third-order valence-electron chi connectivity index (χ3n) is 2.45. The molecule has 0 aliphatic rings. The van der Waals surface area contributed by atoms with Crippen molar-refractivity contribution in [3.63, 3.8) is 0 Å². The predicted molar refractivity (Wildman–Crippen MR) is 64.3 cm³/mol. The highest BCUT2D eigenvalue weighted by atomic mass is 16.5. The van der Waals surface area contributed by atoms with E-state index >= 15 is 0 Å². The van der Waals surface area contributed by atoms with E-state index in [1.165, 1.54) is 0 Å². The van der Waals surface area contributed by atoms with Gasteiger partial charge in [-0.2, -0.15) is 5.10 Å². The van der Waals surface area contributed by atoms with Crippen molar-refractivity contribution in [2.75, 3.05) is 20.2 Å². The minimum absolute atomic E-state index is 0.0252. The lowest BCUT2D eigenvalue weighted by molar-refractivity contribution is -0.123. The molecule has 1 aromatic rings. The summed E-state index contributed by atoms with van der Waals surface area (Å²) in [5.41, 5.74) is 5.43. The maximum absolute atomic E-state index is 11.5. The summed E-state index contributed by atoms with van der Waals surface area (Å²) in [7, 11) is 1.56. The van der Waals surface area contributed by atoms with Gasteiger partial charge in [-0.3, -0.25) is 9.48 Å². The number of carbonyl (C=O) groups excluding carboxylic acids is 1. The van der Waals surface area contributed by atoms with Crippen LogP contribution in [-0.2, 0) is 16.1 Å². The third-order valence-corrected chi connectivity index (χ3v) is 2.45. The Morgan fingerprint density at radius 1 is 1.65 bits per heavy atom. The lowest BCUT2D eigenvalue weighted by atomic mass is 10.2. The Bertz CT molecular complexity index is 309. The molecule has 1 amide bonds. The molecule has 6 nitrogen and oxygen atoms in total. The fraction of sp³-hybridized carbons (Fsp3) is 0.636. The van der Waals surface area contributed by atoms with E-state index < -0.39 is 0 Å². The maximum Gasteiger partial charge on any atom is 0.222 e. The van der Waals surface area contributed by atoms with Crippen LogP contribution in [0.4, 0.5) is 0 Å². The number of ether oxygens (including phenoxy) is 1. The Labute approximate surface area is 101 Å². The van der Waals surface area contributed by atoms with Gasteiger partial charge in [-0.05, 0) is 12.5 Å². The summed E-state index contributed by atoms with van der Waals surface area (Å²) in [5, 5.41) is 6.90. The van der Waals surface area contributed by atoms with Crippen molar-refractivity contribution in [3.05, 3.63) is 18.5 Å². The van der Waals surface area contributed by atoms with Gasteiger partial charge in [-0.25, -0.2) is 0 Å². The molecule has 1 heterocycles. The average molecular weight is 240 g/mol. The average Bonchev–Trinajstić information content (AvgIpc) is 2.84. The molecule has 1 unspecified atom stereocenters. The molecule has 0 saturated heterocycles. The van der Waals surface area contributed by atoms with Gasteiger partial charge in [0.05, 0.1) is 12.5 Å². The zero-order valence-electron chi connectivity index (χ0n) is 10.1. The Kier molecular flexibility index (Phi) is 6.27. The number of methoxy groups -OCH3 is 1. The number of nitrogens with one attached hydrogen (secondary N) is 1. The van der Waals surface area contributed by atoms with Crippen molar-refractivity contribution >= 4 is 5.91 Å². The topological polar surface area (TPSA) is 82.2 Å². The zero-order chi connectivity index (χ0) is 12.5. The quantitative estimate of drug-likeness (QED) is 0.614. The molecular formula is C11H20N4O2. The van der Waals surface area contributed by atoms with Crippen LogP contribution >= 0.6 is 0 Å². The van der Waals surface area contributed by atoms with Gasteiger partial charge in [0.15, 0.2) is 0 Å². The number of nitrogens with zero attached hydrogens (tertiary/aromatic N) is 2.